The van der Waals surface area contributed by atoms with Gasteiger partial charge in [-0.2, -0.15) is 0 Å². The first-order valence-corrected chi connectivity index (χ1v) is 14.3. The van der Waals surface area contributed by atoms with Gasteiger partial charge in [-0.05, 0) is 106 Å². The Hall–Kier alpha value is -2.91. The Morgan fingerprint density at radius 2 is 1.41 bits per heavy atom. The topological polar surface area (TPSA) is 113 Å². The Kier molecular flexibility index (Phi) is 9.53. The van der Waals surface area contributed by atoms with Crippen molar-refractivity contribution in [2.45, 2.75) is 63.8 Å². The molecule has 8 nitrogen and oxygen atoms in total. The molecule has 0 saturated carbocycles. The molecule has 0 radical (unpaired) electrons. The average molecular weight is 537 g/mol. The minimum atomic E-state index is -0.420. The third-order valence-corrected chi connectivity index (χ3v) is 7.99. The maximum Gasteiger partial charge on any atom is 0.200 e. The maximum absolute atomic E-state index is 13.2. The van der Waals surface area contributed by atoms with Crippen molar-refractivity contribution in [2.24, 2.45) is 11.8 Å². The molecular weight excluding hydrogens is 496 g/mol. The first-order valence-electron chi connectivity index (χ1n) is 14.3. The van der Waals surface area contributed by atoms with Crippen LogP contribution in [0, 0.1) is 11.8 Å². The molecule has 5 rings (SSSR count). The quantitative estimate of drug-likeness (QED) is 0.267. The standard InChI is InChI=1S/C31H40N2O6/c34-29-26-14-13-25(38-18-4-8-23-6-2-16-33-31(23)36)19-28(26)39-20-27(29)21-9-11-24(12-10-21)37-17-3-7-22-5-1-15-32-30(22)35/h9-14,19-20,22-23,30-33,35-36H,1-8,15-18H2. The van der Waals surface area contributed by atoms with Crippen LogP contribution >= 0.6 is 0 Å². The van der Waals surface area contributed by atoms with Crippen LogP contribution in [0.4, 0.5) is 0 Å². The second kappa shape index (κ2) is 13.4. The molecule has 3 aromatic rings. The van der Waals surface area contributed by atoms with Gasteiger partial charge in [0, 0.05) is 6.07 Å². The number of benzene rings is 2. The predicted octanol–water partition coefficient (Wildman–Crippen LogP) is 4.41. The zero-order valence-corrected chi connectivity index (χ0v) is 22.4. The summed E-state index contributed by atoms with van der Waals surface area (Å²) in [5, 5.41) is 26.8. The zero-order chi connectivity index (χ0) is 27.0. The number of piperidine rings is 2. The van der Waals surface area contributed by atoms with Crippen molar-refractivity contribution in [3.8, 4) is 22.6 Å². The summed E-state index contributed by atoms with van der Waals surface area (Å²) in [5.74, 6) is 1.98. The van der Waals surface area contributed by atoms with Crippen molar-refractivity contribution in [3.05, 3.63) is 59.0 Å². The average Bonchev–Trinajstić information content (AvgIpc) is 2.96. The van der Waals surface area contributed by atoms with E-state index >= 15 is 0 Å². The minimum Gasteiger partial charge on any atom is -0.494 e. The van der Waals surface area contributed by atoms with Gasteiger partial charge >= 0.3 is 0 Å². The molecule has 2 aliphatic heterocycles. The molecule has 0 spiro atoms. The lowest BCUT2D eigenvalue weighted by Gasteiger charge is -2.28. The van der Waals surface area contributed by atoms with Gasteiger partial charge < -0.3 is 24.1 Å². The van der Waals surface area contributed by atoms with Crippen LogP contribution in [0.15, 0.2) is 57.9 Å². The third kappa shape index (κ3) is 7.19. The molecular formula is C31H40N2O6. The van der Waals surface area contributed by atoms with E-state index in [1.807, 2.05) is 24.3 Å². The van der Waals surface area contributed by atoms with Crippen molar-refractivity contribution < 1.29 is 24.1 Å². The number of aliphatic hydroxyl groups excluding tert-OH is 2. The van der Waals surface area contributed by atoms with Crippen LogP contribution in [0.3, 0.4) is 0 Å². The number of ether oxygens (including phenoxy) is 2. The lowest BCUT2D eigenvalue weighted by atomic mass is 9.93. The fraction of sp³-hybridized carbons (Fsp3) is 0.516. The molecule has 2 aliphatic rings. The number of nitrogens with one attached hydrogen (secondary N) is 2. The van der Waals surface area contributed by atoms with E-state index in [1.54, 1.807) is 18.2 Å². The summed E-state index contributed by atoms with van der Waals surface area (Å²) in [6.45, 7) is 2.90. The van der Waals surface area contributed by atoms with Gasteiger partial charge in [-0.3, -0.25) is 15.4 Å². The Labute approximate surface area is 229 Å². The summed E-state index contributed by atoms with van der Waals surface area (Å²) >= 11 is 0. The smallest absolute Gasteiger partial charge is 0.200 e. The fourth-order valence-electron chi connectivity index (χ4n) is 5.68. The van der Waals surface area contributed by atoms with Gasteiger partial charge in [0.05, 0.1) is 24.2 Å². The summed E-state index contributed by atoms with van der Waals surface area (Å²) in [6.07, 6.45) is 8.54. The van der Waals surface area contributed by atoms with Crippen LogP contribution in [0.2, 0.25) is 0 Å². The van der Waals surface area contributed by atoms with Crippen molar-refractivity contribution in [1.29, 1.82) is 0 Å². The Morgan fingerprint density at radius 3 is 2.03 bits per heavy atom. The molecule has 39 heavy (non-hydrogen) atoms. The molecule has 0 aliphatic carbocycles. The minimum absolute atomic E-state index is 0.0881. The molecule has 1 aromatic heterocycles. The number of rotatable bonds is 11. The summed E-state index contributed by atoms with van der Waals surface area (Å²) in [4.78, 5) is 13.2. The molecule has 0 amide bonds. The highest BCUT2D eigenvalue weighted by Gasteiger charge is 2.22. The van der Waals surface area contributed by atoms with E-state index in [4.69, 9.17) is 13.9 Å². The summed E-state index contributed by atoms with van der Waals surface area (Å²) in [5.41, 5.74) is 1.68. The van der Waals surface area contributed by atoms with Crippen molar-refractivity contribution in [1.82, 2.24) is 10.6 Å². The van der Waals surface area contributed by atoms with Crippen LogP contribution in [0.25, 0.3) is 22.1 Å². The zero-order valence-electron chi connectivity index (χ0n) is 22.4. The molecule has 2 saturated heterocycles. The second-order valence-electron chi connectivity index (χ2n) is 10.7. The van der Waals surface area contributed by atoms with E-state index < -0.39 is 12.5 Å². The highest BCUT2D eigenvalue weighted by Crippen LogP contribution is 2.26. The largest absolute Gasteiger partial charge is 0.494 e. The summed E-state index contributed by atoms with van der Waals surface area (Å²) < 4.78 is 17.6. The number of hydrogen-bond donors (Lipinski definition) is 4. The third-order valence-electron chi connectivity index (χ3n) is 7.99. The molecule has 2 aromatic carbocycles. The van der Waals surface area contributed by atoms with Crippen LogP contribution in [-0.4, -0.2) is 49.0 Å². The highest BCUT2D eigenvalue weighted by atomic mass is 16.5. The van der Waals surface area contributed by atoms with Gasteiger partial charge in [0.2, 0.25) is 0 Å². The monoisotopic (exact) mass is 536 g/mol. The normalized spacial score (nSPS) is 23.5. The molecule has 8 heteroatoms. The van der Waals surface area contributed by atoms with Gasteiger partial charge in [0.25, 0.3) is 0 Å². The molecule has 4 unspecified atom stereocenters. The van der Waals surface area contributed by atoms with Crippen molar-refractivity contribution >= 4 is 11.0 Å². The molecule has 3 heterocycles. The van der Waals surface area contributed by atoms with E-state index in [2.05, 4.69) is 10.6 Å². The number of hydrogen-bond acceptors (Lipinski definition) is 8. The summed E-state index contributed by atoms with van der Waals surface area (Å²) in [6, 6.07) is 12.8. The maximum atomic E-state index is 13.2. The van der Waals surface area contributed by atoms with Crippen molar-refractivity contribution in [2.75, 3.05) is 26.3 Å². The fourth-order valence-corrected chi connectivity index (χ4v) is 5.68. The van der Waals surface area contributed by atoms with E-state index in [9.17, 15) is 15.0 Å². The van der Waals surface area contributed by atoms with E-state index in [1.165, 1.54) is 6.26 Å². The molecule has 210 valence electrons. The number of fused-ring (bicyclic) bond motifs is 1. The highest BCUT2D eigenvalue weighted by molar-refractivity contribution is 5.82. The first kappa shape index (κ1) is 27.6. The van der Waals surface area contributed by atoms with Gasteiger partial charge in [0.15, 0.2) is 5.43 Å². The summed E-state index contributed by atoms with van der Waals surface area (Å²) in [7, 11) is 0. The van der Waals surface area contributed by atoms with Crippen LogP contribution in [0.1, 0.15) is 51.4 Å². The van der Waals surface area contributed by atoms with Crippen LogP contribution in [-0.2, 0) is 0 Å². The Morgan fingerprint density at radius 1 is 0.821 bits per heavy atom. The van der Waals surface area contributed by atoms with Crippen LogP contribution in [0.5, 0.6) is 11.5 Å². The number of aliphatic hydroxyl groups is 2. The molecule has 4 N–H and O–H groups in total. The lowest BCUT2D eigenvalue weighted by molar-refractivity contribution is 0.0425. The SMILES string of the molecule is O=c1c(-c2ccc(OCCCC3CCCNC3O)cc2)coc2cc(OCCCC3CCCNC3O)ccc12. The van der Waals surface area contributed by atoms with Gasteiger partial charge in [-0.1, -0.05) is 12.1 Å². The molecule has 4 atom stereocenters. The Balaban J connectivity index is 1.13. The Bertz CT molecular complexity index is 1260. The lowest BCUT2D eigenvalue weighted by Crippen LogP contribution is -2.41. The van der Waals surface area contributed by atoms with Gasteiger partial charge in [0.1, 0.15) is 35.8 Å². The van der Waals surface area contributed by atoms with Gasteiger partial charge in [-0.25, -0.2) is 0 Å². The van der Waals surface area contributed by atoms with Crippen molar-refractivity contribution in [3.63, 3.8) is 0 Å². The first-order chi connectivity index (χ1) is 19.1. The van der Waals surface area contributed by atoms with E-state index in [-0.39, 0.29) is 11.3 Å². The van der Waals surface area contributed by atoms with E-state index in [0.717, 1.165) is 75.8 Å². The van der Waals surface area contributed by atoms with Crippen LogP contribution < -0.4 is 25.5 Å². The molecule has 2 fully saturated rings. The van der Waals surface area contributed by atoms with E-state index in [0.29, 0.717) is 41.4 Å². The second-order valence-corrected chi connectivity index (χ2v) is 10.7. The molecule has 0 bridgehead atoms. The van der Waals surface area contributed by atoms with Gasteiger partial charge in [-0.15, -0.1) is 0 Å². The predicted molar refractivity (Wildman–Crippen MR) is 151 cm³/mol.